The second-order valence-electron chi connectivity index (χ2n) is 7.61. The van der Waals surface area contributed by atoms with Gasteiger partial charge in [-0.1, -0.05) is 0 Å². The summed E-state index contributed by atoms with van der Waals surface area (Å²) in [4.78, 5) is 3.90. The third kappa shape index (κ3) is 4.20. The van der Waals surface area contributed by atoms with Gasteiger partial charge in [0.05, 0.1) is 0 Å². The zero-order valence-electron chi connectivity index (χ0n) is 18.1. The molecule has 0 saturated carbocycles. The number of hydrogen-bond acceptors (Lipinski definition) is 2. The summed E-state index contributed by atoms with van der Waals surface area (Å²) < 4.78 is 5.25. The van der Waals surface area contributed by atoms with Gasteiger partial charge >= 0.3 is 196 Å². The fraction of sp³-hybridized carbons (Fsp3) is 0.0769. The van der Waals surface area contributed by atoms with Crippen molar-refractivity contribution < 1.29 is 0 Å². The Balaban J connectivity index is 2.07. The van der Waals surface area contributed by atoms with Crippen LogP contribution < -0.4 is 31.6 Å². The molecule has 0 atom stereocenters. The first-order valence-corrected chi connectivity index (χ1v) is 15.6. The Morgan fingerprint density at radius 2 is 1.03 bits per heavy atom. The van der Waals surface area contributed by atoms with Crippen LogP contribution in [0.1, 0.15) is 6.92 Å². The molecule has 3 N–H and O–H groups in total. The van der Waals surface area contributed by atoms with Crippen molar-refractivity contribution in [2.24, 2.45) is 10.2 Å². The molecule has 0 amide bonds. The van der Waals surface area contributed by atoms with Crippen LogP contribution in [-0.4, -0.2) is 6.54 Å². The van der Waals surface area contributed by atoms with Crippen molar-refractivity contribution in [3.63, 3.8) is 0 Å². The quantitative estimate of drug-likeness (QED) is 0.343. The Kier molecular flexibility index (Phi) is 6.67. The molecule has 0 heterocycles. The van der Waals surface area contributed by atoms with E-state index in [1.54, 1.807) is 0 Å². The first-order valence-electron chi connectivity index (χ1n) is 10.6. The summed E-state index contributed by atoms with van der Waals surface area (Å²) in [6.45, 7) is 2.70. The van der Waals surface area contributed by atoms with Gasteiger partial charge in [-0.3, -0.25) is 0 Å². The molecule has 3 nitrogen and oxygen atoms in total. The average Bonchev–Trinajstić information content (AvgIpc) is 2.86. The Morgan fingerprint density at radius 1 is 0.688 bits per heavy atom. The molecule has 0 unspecified atom stereocenters. The number of nitrogens with two attached hydrogens (primary N) is 1. The number of nitrogens with zero attached hydrogens (tertiary/aromatic N) is 1. The third-order valence-corrected chi connectivity index (χ3v) is 15.5. The fourth-order valence-electron chi connectivity index (χ4n) is 3.95. The molecule has 0 fully saturated rings. The van der Waals surface area contributed by atoms with Crippen LogP contribution in [0.25, 0.3) is 0 Å². The van der Waals surface area contributed by atoms with E-state index in [9.17, 15) is 0 Å². The number of halogens is 1. The molecule has 4 aromatic rings. The van der Waals surface area contributed by atoms with Crippen molar-refractivity contribution >= 4 is 45.9 Å². The molecule has 0 aliphatic heterocycles. The van der Waals surface area contributed by atoms with E-state index in [2.05, 4.69) is 36.0 Å². The first kappa shape index (κ1) is 22.9. The number of hydrogen-bond donors (Lipinski definition) is 2. The predicted octanol–water partition coefficient (Wildman–Crippen LogP) is 5.51. The zero-order valence-corrected chi connectivity index (χ0v) is 20.6. The Bertz CT molecular complexity index is 1130. The second kappa shape index (κ2) is 9.32. The van der Waals surface area contributed by atoms with Gasteiger partial charge in [0.25, 0.3) is 0 Å². The molecule has 0 aliphatic carbocycles. The summed E-state index contributed by atoms with van der Waals surface area (Å²) >= 11 is 7.73. The Morgan fingerprint density at radius 3 is 1.38 bits per heavy atom. The number of nitrogens with one attached hydrogen (secondary N) is 1. The van der Waals surface area contributed by atoms with Crippen LogP contribution in [0, 0.1) is 0 Å². The van der Waals surface area contributed by atoms with E-state index in [1.807, 2.05) is 97.1 Å². The van der Waals surface area contributed by atoms with Crippen LogP contribution in [0.3, 0.4) is 0 Å². The van der Waals surface area contributed by atoms with Crippen LogP contribution in [0.5, 0.6) is 0 Å². The molecule has 0 radical (unpaired) electrons. The number of benzene rings is 4. The minimum atomic E-state index is -3.87. The van der Waals surface area contributed by atoms with Gasteiger partial charge in [-0.2, -0.15) is 0 Å². The van der Waals surface area contributed by atoms with E-state index in [1.165, 1.54) is 0 Å². The molecule has 0 spiro atoms. The summed E-state index contributed by atoms with van der Waals surface area (Å²) in [5, 5.41) is 3.96. The predicted molar refractivity (Wildman–Crippen MR) is 144 cm³/mol. The summed E-state index contributed by atoms with van der Waals surface area (Å²) in [6, 6.07) is 40.7. The molecule has 0 aliphatic rings. The van der Waals surface area contributed by atoms with Gasteiger partial charge in [0.2, 0.25) is 0 Å². The van der Waals surface area contributed by atoms with Gasteiger partial charge in [0, 0.05) is 0 Å². The van der Waals surface area contributed by atoms with Crippen LogP contribution in [0.4, 0.5) is 0 Å². The Hall–Kier alpha value is -2.25. The SMILES string of the molecule is CCN=P(NP(N)(Cl)(c1ccccc1)c1ccccc1)(c1ccccc1)c1ccccc1. The maximum absolute atomic E-state index is 7.73. The van der Waals surface area contributed by atoms with E-state index >= 15 is 0 Å². The van der Waals surface area contributed by atoms with Crippen LogP contribution in [0.15, 0.2) is 126 Å². The average molecular weight is 480 g/mol. The molecule has 4 aromatic carbocycles. The molecule has 0 saturated heterocycles. The van der Waals surface area contributed by atoms with Gasteiger partial charge in [0.15, 0.2) is 0 Å². The van der Waals surface area contributed by atoms with Crippen molar-refractivity contribution in [1.82, 2.24) is 4.86 Å². The zero-order chi connectivity index (χ0) is 22.5. The summed E-state index contributed by atoms with van der Waals surface area (Å²) in [7, 11) is -2.54. The fourth-order valence-corrected chi connectivity index (χ4v) is 14.0. The van der Waals surface area contributed by atoms with Gasteiger partial charge in [-0.05, 0) is 0 Å². The molecule has 6 heteroatoms. The minimum absolute atomic E-state index is 0.636. The molecule has 32 heavy (non-hydrogen) atoms. The molecular weight excluding hydrogens is 452 g/mol. The van der Waals surface area contributed by atoms with Crippen molar-refractivity contribution in [3.8, 4) is 0 Å². The van der Waals surface area contributed by atoms with Gasteiger partial charge in [-0.25, -0.2) is 0 Å². The van der Waals surface area contributed by atoms with E-state index in [4.69, 9.17) is 21.5 Å². The van der Waals surface area contributed by atoms with Crippen molar-refractivity contribution in [1.29, 1.82) is 0 Å². The topological polar surface area (TPSA) is 50.4 Å². The van der Waals surface area contributed by atoms with Gasteiger partial charge in [0.1, 0.15) is 0 Å². The molecule has 164 valence electrons. The van der Waals surface area contributed by atoms with Crippen LogP contribution in [-0.2, 0) is 0 Å². The normalized spacial score (nSPS) is 13.2. The summed E-state index contributed by atoms with van der Waals surface area (Å²) in [5.41, 5.74) is 7.43. The van der Waals surface area contributed by atoms with E-state index in [0.717, 1.165) is 21.2 Å². The van der Waals surface area contributed by atoms with Crippen molar-refractivity contribution in [2.45, 2.75) is 6.92 Å². The third-order valence-electron chi connectivity index (χ3n) is 5.48. The summed E-state index contributed by atoms with van der Waals surface area (Å²) in [6.07, 6.45) is -3.87. The van der Waals surface area contributed by atoms with Crippen LogP contribution in [0.2, 0.25) is 0 Å². The Labute approximate surface area is 195 Å². The molecule has 4 rings (SSSR count). The van der Waals surface area contributed by atoms with E-state index in [-0.39, 0.29) is 0 Å². The van der Waals surface area contributed by atoms with Gasteiger partial charge < -0.3 is 0 Å². The molecule has 0 bridgehead atoms. The standard InChI is InChI=1S/C26H28ClN3P2/c1-2-29-31(23-15-7-3-8-16-23,24-17-9-4-10-18-24)30-32(27,28,25-19-11-5-12-20-25)26-21-13-6-14-22-26/h3-22,30H,2,28H2,1H3. The monoisotopic (exact) mass is 479 g/mol. The van der Waals surface area contributed by atoms with Gasteiger partial charge in [-0.15, -0.1) is 0 Å². The van der Waals surface area contributed by atoms with E-state index in [0.29, 0.717) is 6.54 Å². The summed E-state index contributed by atoms with van der Waals surface area (Å²) in [5.74, 6) is 0. The van der Waals surface area contributed by atoms with Crippen LogP contribution >= 0.6 is 24.7 Å². The van der Waals surface area contributed by atoms with Crippen molar-refractivity contribution in [2.75, 3.05) is 6.54 Å². The maximum atomic E-state index is 7.73. The van der Waals surface area contributed by atoms with Crippen molar-refractivity contribution in [3.05, 3.63) is 121 Å². The molecule has 0 aromatic heterocycles. The molecular formula is C26H28ClN3P2. The second-order valence-corrected chi connectivity index (χ2v) is 16.3. The first-order chi connectivity index (χ1) is 15.5. The number of rotatable bonds is 7. The van der Waals surface area contributed by atoms with E-state index < -0.39 is 13.5 Å².